The van der Waals surface area contributed by atoms with Crippen LogP contribution in [-0.4, -0.2) is 84.7 Å². The van der Waals surface area contributed by atoms with Crippen molar-refractivity contribution in [3.8, 4) is 22.6 Å². The topological polar surface area (TPSA) is 135 Å². The fourth-order valence-corrected chi connectivity index (χ4v) is 7.88. The minimum absolute atomic E-state index is 0.0151. The van der Waals surface area contributed by atoms with Gasteiger partial charge in [0, 0.05) is 44.2 Å². The largest absolute Gasteiger partial charge is 0.482 e. The van der Waals surface area contributed by atoms with E-state index in [4.69, 9.17) is 18.9 Å². The van der Waals surface area contributed by atoms with Crippen molar-refractivity contribution in [3.63, 3.8) is 0 Å². The molecule has 7 rings (SSSR count). The van der Waals surface area contributed by atoms with Crippen LogP contribution in [0.3, 0.4) is 0 Å². The van der Waals surface area contributed by atoms with Gasteiger partial charge in [0.1, 0.15) is 17.1 Å². The number of carboxylic acids is 1. The highest BCUT2D eigenvalue weighted by molar-refractivity contribution is 6.01. The van der Waals surface area contributed by atoms with Crippen molar-refractivity contribution in [2.75, 3.05) is 42.6 Å². The summed E-state index contributed by atoms with van der Waals surface area (Å²) in [6.45, 7) is 7.03. The fourth-order valence-electron chi connectivity index (χ4n) is 7.88. The van der Waals surface area contributed by atoms with Crippen molar-refractivity contribution >= 4 is 35.3 Å². The van der Waals surface area contributed by atoms with Gasteiger partial charge in [-0.1, -0.05) is 36.4 Å². The maximum absolute atomic E-state index is 15.0. The van der Waals surface area contributed by atoms with Crippen LogP contribution in [0, 0.1) is 11.8 Å². The highest BCUT2D eigenvalue weighted by Gasteiger charge is 2.44. The number of carbonyl (C=O) groups is 4. The molecule has 3 aliphatic heterocycles. The Morgan fingerprint density at radius 3 is 2.46 bits per heavy atom. The van der Waals surface area contributed by atoms with E-state index in [2.05, 4.69) is 30.3 Å². The first-order valence-electron chi connectivity index (χ1n) is 20.0. The van der Waals surface area contributed by atoms with E-state index in [1.165, 1.54) is 0 Å². The molecule has 298 valence electrons. The maximum atomic E-state index is 15.0. The van der Waals surface area contributed by atoms with Crippen molar-refractivity contribution in [2.45, 2.75) is 96.5 Å². The Kier molecular flexibility index (Phi) is 11.8. The van der Waals surface area contributed by atoms with E-state index >= 15 is 4.79 Å². The van der Waals surface area contributed by atoms with Gasteiger partial charge in [0.15, 0.2) is 12.9 Å². The zero-order chi connectivity index (χ0) is 39.4. The van der Waals surface area contributed by atoms with E-state index in [1.807, 2.05) is 56.0 Å². The summed E-state index contributed by atoms with van der Waals surface area (Å²) in [6.07, 6.45) is 5.59. The number of hydrogen-bond donors (Lipinski definition) is 1. The van der Waals surface area contributed by atoms with E-state index in [0.29, 0.717) is 36.5 Å². The molecule has 56 heavy (non-hydrogen) atoms. The zero-order valence-corrected chi connectivity index (χ0v) is 32.6. The average molecular weight is 768 g/mol. The third-order valence-corrected chi connectivity index (χ3v) is 10.8. The number of rotatable bonds is 12. The predicted molar refractivity (Wildman–Crippen MR) is 211 cm³/mol. The summed E-state index contributed by atoms with van der Waals surface area (Å²) < 4.78 is 23.3. The number of likely N-dealkylation sites (tertiary alicyclic amines) is 1. The van der Waals surface area contributed by atoms with Gasteiger partial charge in [-0.2, -0.15) is 0 Å². The number of anilines is 2. The Bertz CT molecular complexity index is 1900. The third-order valence-electron chi connectivity index (χ3n) is 10.8. The molecule has 1 aliphatic carbocycles. The molecule has 3 amide bonds. The van der Waals surface area contributed by atoms with Crippen LogP contribution < -0.4 is 19.3 Å². The molecule has 3 atom stereocenters. The highest BCUT2D eigenvalue weighted by atomic mass is 16.7. The second-order valence-electron chi connectivity index (χ2n) is 16.3. The Hall–Kier alpha value is -5.10. The summed E-state index contributed by atoms with van der Waals surface area (Å²) in [5, 5.41) is 9.21. The second kappa shape index (κ2) is 17.0. The Balaban J connectivity index is 1.13. The van der Waals surface area contributed by atoms with E-state index < -0.39 is 23.6 Å². The minimum atomic E-state index is -0.927. The van der Waals surface area contributed by atoms with Gasteiger partial charge in [-0.15, -0.1) is 0 Å². The van der Waals surface area contributed by atoms with Crippen molar-refractivity contribution in [2.24, 2.45) is 11.8 Å². The maximum Gasteiger partial charge on any atom is 0.410 e. The summed E-state index contributed by atoms with van der Waals surface area (Å²) >= 11 is 0. The van der Waals surface area contributed by atoms with E-state index in [0.717, 1.165) is 61.2 Å². The number of carboxylic acid groups (broad SMARTS) is 1. The molecule has 3 aromatic carbocycles. The first-order chi connectivity index (χ1) is 26.9. The van der Waals surface area contributed by atoms with Crippen LogP contribution >= 0.6 is 0 Å². The number of ether oxygens (including phenoxy) is 4. The van der Waals surface area contributed by atoms with E-state index in [9.17, 15) is 19.5 Å². The normalized spacial score (nSPS) is 21.1. The van der Waals surface area contributed by atoms with Gasteiger partial charge in [0.05, 0.1) is 18.2 Å². The molecule has 2 unspecified atom stereocenters. The molecule has 1 N–H and O–H groups in total. The number of nitrogens with zero attached hydrogens (tertiary/aromatic N) is 3. The molecule has 0 bridgehead atoms. The van der Waals surface area contributed by atoms with Gasteiger partial charge in [-0.3, -0.25) is 14.4 Å². The third kappa shape index (κ3) is 9.64. The highest BCUT2D eigenvalue weighted by Crippen LogP contribution is 2.42. The van der Waals surface area contributed by atoms with Crippen LogP contribution in [0.25, 0.3) is 11.1 Å². The molecular formula is C44H53N3O9. The monoisotopic (exact) mass is 767 g/mol. The lowest BCUT2D eigenvalue weighted by Crippen LogP contribution is -2.52. The molecule has 4 aliphatic rings. The molecular weight excluding hydrogens is 714 g/mol. The lowest BCUT2D eigenvalue weighted by molar-refractivity contribution is -0.137. The summed E-state index contributed by atoms with van der Waals surface area (Å²) in [5.41, 5.74) is 3.72. The van der Waals surface area contributed by atoms with Crippen LogP contribution in [0.5, 0.6) is 11.5 Å². The quantitative estimate of drug-likeness (QED) is 0.199. The zero-order valence-electron chi connectivity index (χ0n) is 32.6. The molecule has 12 nitrogen and oxygen atoms in total. The molecule has 3 aromatic rings. The second-order valence-corrected chi connectivity index (χ2v) is 16.3. The van der Waals surface area contributed by atoms with Crippen molar-refractivity contribution in [1.82, 2.24) is 4.90 Å². The molecule has 3 fully saturated rings. The summed E-state index contributed by atoms with van der Waals surface area (Å²) in [5.74, 6) is -0.536. The number of amides is 3. The first-order valence-corrected chi connectivity index (χ1v) is 20.0. The predicted octanol–water partition coefficient (Wildman–Crippen LogP) is 7.46. The Labute approximate surface area is 328 Å². The number of fused-ring (bicyclic) bond motifs is 1. The smallest absolute Gasteiger partial charge is 0.410 e. The lowest BCUT2D eigenvalue weighted by Gasteiger charge is -2.40. The molecule has 3 heterocycles. The Morgan fingerprint density at radius 1 is 0.946 bits per heavy atom. The standard InChI is InChI=1S/C44H53N3O9/c1-44(2,3)56-43(52)45-22-20-32(25-29-8-6-9-31(24-29)30-12-17-35(18-13-30)55-41-11-4-5-23-53-41)36(27-45)42(51)47(33-14-15-33)34-16-19-38-37(26-34)46(39(48)28-54-38)21-7-10-40(49)50/h6,8-9,12-13,16-19,24,26,32-33,36,41H,4-5,7,10-11,14-15,20-23,25,27-28H2,1-3H3,(H,49,50)/t32?,36-,41?/m0/s1. The minimum Gasteiger partial charge on any atom is -0.482 e. The average Bonchev–Trinajstić information content (AvgIpc) is 4.01. The Morgan fingerprint density at radius 2 is 1.75 bits per heavy atom. The molecule has 0 spiro atoms. The van der Waals surface area contributed by atoms with Gasteiger partial charge in [-0.25, -0.2) is 4.79 Å². The van der Waals surface area contributed by atoms with Crippen LogP contribution in [0.15, 0.2) is 66.7 Å². The SMILES string of the molecule is CC(C)(C)OC(=O)N1CCC(Cc2cccc(-c3ccc(OC4CCCCO4)cc3)c2)[C@@H](C(=O)N(c2ccc3c(c2)N(CCCC(=O)O)C(=O)CO3)C2CC2)C1. The summed E-state index contributed by atoms with van der Waals surface area (Å²) in [4.78, 5) is 57.7. The first kappa shape index (κ1) is 39.1. The van der Waals surface area contributed by atoms with Gasteiger partial charge in [0.2, 0.25) is 5.91 Å². The van der Waals surface area contributed by atoms with Crippen LogP contribution in [0.2, 0.25) is 0 Å². The van der Waals surface area contributed by atoms with E-state index in [-0.39, 0.29) is 62.6 Å². The van der Waals surface area contributed by atoms with Crippen LogP contribution in [-0.2, 0) is 30.3 Å². The summed E-state index contributed by atoms with van der Waals surface area (Å²) in [6, 6.07) is 21.9. The lowest BCUT2D eigenvalue weighted by atomic mass is 9.80. The van der Waals surface area contributed by atoms with Crippen LogP contribution in [0.4, 0.5) is 16.2 Å². The van der Waals surface area contributed by atoms with Crippen molar-refractivity contribution in [1.29, 1.82) is 0 Å². The number of carbonyl (C=O) groups excluding carboxylic acids is 3. The number of aliphatic carboxylic acids is 1. The number of hydrogen-bond acceptors (Lipinski definition) is 8. The molecule has 1 saturated carbocycles. The molecule has 2 saturated heterocycles. The number of benzene rings is 3. The van der Waals surface area contributed by atoms with Gasteiger partial charge in [-0.05, 0) is 119 Å². The van der Waals surface area contributed by atoms with Crippen LogP contribution in [0.1, 0.15) is 77.7 Å². The van der Waals surface area contributed by atoms with Gasteiger partial charge < -0.3 is 38.8 Å². The molecule has 12 heteroatoms. The van der Waals surface area contributed by atoms with E-state index in [1.54, 1.807) is 15.9 Å². The molecule has 0 radical (unpaired) electrons. The van der Waals surface area contributed by atoms with Gasteiger partial charge in [0.25, 0.3) is 5.91 Å². The fraction of sp³-hybridized carbons (Fsp3) is 0.500. The summed E-state index contributed by atoms with van der Waals surface area (Å²) in [7, 11) is 0. The number of piperidine rings is 1. The van der Waals surface area contributed by atoms with Gasteiger partial charge >= 0.3 is 12.1 Å². The van der Waals surface area contributed by atoms with Crippen molar-refractivity contribution < 1.29 is 43.2 Å². The van der Waals surface area contributed by atoms with Crippen molar-refractivity contribution in [3.05, 3.63) is 72.3 Å². The molecule has 0 aromatic heterocycles.